The minimum absolute atomic E-state index is 0.596. The van der Waals surface area contributed by atoms with Crippen LogP contribution >= 0.6 is 0 Å². The summed E-state index contributed by atoms with van der Waals surface area (Å²) in [5.41, 5.74) is 1.27. The van der Waals surface area contributed by atoms with Crippen molar-refractivity contribution in [3.63, 3.8) is 0 Å². The summed E-state index contributed by atoms with van der Waals surface area (Å²) in [5.74, 6) is 1.76. The Labute approximate surface area is 126 Å². The second-order valence-electron chi connectivity index (χ2n) is 5.48. The van der Waals surface area contributed by atoms with E-state index in [9.17, 15) is 0 Å². The lowest BCUT2D eigenvalue weighted by Gasteiger charge is -2.34. The van der Waals surface area contributed by atoms with Crippen molar-refractivity contribution in [2.75, 3.05) is 25.0 Å². The van der Waals surface area contributed by atoms with Gasteiger partial charge in [-0.25, -0.2) is 0 Å². The smallest absolute Gasteiger partial charge is 0.127 e. The molecule has 1 atom stereocenters. The van der Waals surface area contributed by atoms with Gasteiger partial charge in [0, 0.05) is 24.8 Å². The van der Waals surface area contributed by atoms with Crippen molar-refractivity contribution >= 4 is 5.69 Å². The van der Waals surface area contributed by atoms with Crippen LogP contribution in [0.2, 0.25) is 0 Å². The summed E-state index contributed by atoms with van der Waals surface area (Å²) in [6.07, 6.45) is 2.51. The number of benzene rings is 2. The summed E-state index contributed by atoms with van der Waals surface area (Å²) >= 11 is 0. The van der Waals surface area contributed by atoms with E-state index in [2.05, 4.69) is 22.3 Å². The topological polar surface area (TPSA) is 24.5 Å². The van der Waals surface area contributed by atoms with Crippen molar-refractivity contribution in [3.8, 4) is 11.5 Å². The maximum Gasteiger partial charge on any atom is 0.127 e. The molecule has 0 spiro atoms. The Balaban J connectivity index is 1.66. The number of likely N-dealkylation sites (N-methyl/N-ethyl adjacent to an activating group) is 1. The molecule has 2 aromatic rings. The predicted molar refractivity (Wildman–Crippen MR) is 87.3 cm³/mol. The van der Waals surface area contributed by atoms with E-state index in [-0.39, 0.29) is 0 Å². The number of para-hydroxylation sites is 1. The number of nitrogens with zero attached hydrogens (tertiary/aromatic N) is 1. The lowest BCUT2D eigenvalue weighted by atomic mass is 10.1. The molecule has 1 aliphatic heterocycles. The Kier molecular flexibility index (Phi) is 4.41. The minimum atomic E-state index is 0.596. The molecule has 1 fully saturated rings. The number of nitrogens with one attached hydrogen (secondary N) is 1. The molecule has 2 aromatic carbocycles. The molecule has 0 aliphatic carbocycles. The summed E-state index contributed by atoms with van der Waals surface area (Å²) in [6.45, 7) is 2.21. The molecule has 1 aliphatic rings. The van der Waals surface area contributed by atoms with E-state index in [1.54, 1.807) is 0 Å². The van der Waals surface area contributed by atoms with E-state index >= 15 is 0 Å². The molecule has 1 unspecified atom stereocenters. The monoisotopic (exact) mass is 282 g/mol. The van der Waals surface area contributed by atoms with Crippen LogP contribution in [0.25, 0.3) is 0 Å². The fourth-order valence-corrected chi connectivity index (χ4v) is 2.80. The van der Waals surface area contributed by atoms with Crippen LogP contribution in [0.15, 0.2) is 54.6 Å². The molecule has 1 heterocycles. The van der Waals surface area contributed by atoms with Crippen molar-refractivity contribution in [1.29, 1.82) is 0 Å². The fourth-order valence-electron chi connectivity index (χ4n) is 2.80. The molecule has 0 bridgehead atoms. The Hall–Kier alpha value is -2.00. The molecule has 110 valence electrons. The lowest BCUT2D eigenvalue weighted by molar-refractivity contribution is 0.449. The van der Waals surface area contributed by atoms with E-state index in [0.717, 1.165) is 24.6 Å². The Morgan fingerprint density at radius 2 is 1.71 bits per heavy atom. The first-order chi connectivity index (χ1) is 10.3. The van der Waals surface area contributed by atoms with Gasteiger partial charge in [0.05, 0.1) is 0 Å². The zero-order valence-electron chi connectivity index (χ0n) is 12.5. The van der Waals surface area contributed by atoms with Gasteiger partial charge in [0.25, 0.3) is 0 Å². The Bertz CT molecular complexity index is 553. The Morgan fingerprint density at radius 3 is 2.43 bits per heavy atom. The molecule has 0 aromatic heterocycles. The van der Waals surface area contributed by atoms with E-state index in [0.29, 0.717) is 6.04 Å². The second-order valence-corrected chi connectivity index (χ2v) is 5.48. The maximum absolute atomic E-state index is 5.83. The average Bonchev–Trinajstić information content (AvgIpc) is 2.56. The summed E-state index contributed by atoms with van der Waals surface area (Å²) in [4.78, 5) is 2.44. The first-order valence-corrected chi connectivity index (χ1v) is 7.60. The van der Waals surface area contributed by atoms with Gasteiger partial charge in [0.2, 0.25) is 0 Å². The highest BCUT2D eigenvalue weighted by Crippen LogP contribution is 2.26. The summed E-state index contributed by atoms with van der Waals surface area (Å²) < 4.78 is 5.83. The number of rotatable bonds is 4. The highest BCUT2D eigenvalue weighted by atomic mass is 16.5. The molecule has 1 saturated heterocycles. The summed E-state index contributed by atoms with van der Waals surface area (Å²) in [7, 11) is 2.05. The summed E-state index contributed by atoms with van der Waals surface area (Å²) in [5, 5.41) is 3.38. The highest BCUT2D eigenvalue weighted by molar-refractivity contribution is 5.50. The zero-order chi connectivity index (χ0) is 14.5. The highest BCUT2D eigenvalue weighted by Gasteiger charge is 2.18. The van der Waals surface area contributed by atoms with Gasteiger partial charge in [-0.15, -0.1) is 0 Å². The number of hydrogen-bond donors (Lipinski definition) is 1. The van der Waals surface area contributed by atoms with Crippen LogP contribution in [0, 0.1) is 0 Å². The third kappa shape index (κ3) is 3.56. The van der Waals surface area contributed by atoms with Gasteiger partial charge in [-0.3, -0.25) is 0 Å². The van der Waals surface area contributed by atoms with Gasteiger partial charge in [0.15, 0.2) is 0 Å². The third-order valence-electron chi connectivity index (χ3n) is 4.01. The standard InChI is InChI=1S/C18H22N2O/c1-19-15-6-5-13-20(14-15)16-9-11-18(12-10-16)21-17-7-3-2-4-8-17/h2-4,7-12,15,19H,5-6,13-14H2,1H3. The van der Waals surface area contributed by atoms with Crippen LogP contribution in [0.5, 0.6) is 11.5 Å². The van der Waals surface area contributed by atoms with E-state index in [4.69, 9.17) is 4.74 Å². The molecule has 1 N–H and O–H groups in total. The number of piperidine rings is 1. The lowest BCUT2D eigenvalue weighted by Crippen LogP contribution is -2.44. The largest absolute Gasteiger partial charge is 0.457 e. The van der Waals surface area contributed by atoms with Gasteiger partial charge < -0.3 is 15.0 Å². The van der Waals surface area contributed by atoms with Crippen LogP contribution in [-0.4, -0.2) is 26.2 Å². The van der Waals surface area contributed by atoms with E-state index in [1.807, 2.05) is 49.5 Å². The van der Waals surface area contributed by atoms with Gasteiger partial charge in [-0.05, 0) is 56.3 Å². The molecule has 3 rings (SSSR count). The van der Waals surface area contributed by atoms with Gasteiger partial charge in [-0.1, -0.05) is 18.2 Å². The molecule has 21 heavy (non-hydrogen) atoms. The van der Waals surface area contributed by atoms with Crippen LogP contribution < -0.4 is 15.0 Å². The SMILES string of the molecule is CNC1CCCN(c2ccc(Oc3ccccc3)cc2)C1. The predicted octanol–water partition coefficient (Wildman–Crippen LogP) is 3.67. The van der Waals surface area contributed by atoms with Crippen molar-refractivity contribution in [1.82, 2.24) is 5.32 Å². The van der Waals surface area contributed by atoms with E-state index in [1.165, 1.54) is 18.5 Å². The molecular weight excluding hydrogens is 260 g/mol. The quantitative estimate of drug-likeness (QED) is 0.926. The molecule has 3 nitrogen and oxygen atoms in total. The van der Waals surface area contributed by atoms with Crippen LogP contribution in [-0.2, 0) is 0 Å². The Morgan fingerprint density at radius 1 is 1.00 bits per heavy atom. The van der Waals surface area contributed by atoms with Crippen molar-refractivity contribution in [2.45, 2.75) is 18.9 Å². The zero-order valence-corrected chi connectivity index (χ0v) is 12.5. The minimum Gasteiger partial charge on any atom is -0.457 e. The molecule has 0 saturated carbocycles. The molecule has 0 radical (unpaired) electrons. The fraction of sp³-hybridized carbons (Fsp3) is 0.333. The van der Waals surface area contributed by atoms with Crippen molar-refractivity contribution in [2.24, 2.45) is 0 Å². The summed E-state index contributed by atoms with van der Waals surface area (Å²) in [6, 6.07) is 18.9. The first kappa shape index (κ1) is 14.0. The number of anilines is 1. The van der Waals surface area contributed by atoms with Gasteiger partial charge in [0.1, 0.15) is 11.5 Å². The second kappa shape index (κ2) is 6.64. The van der Waals surface area contributed by atoms with E-state index < -0.39 is 0 Å². The normalized spacial score (nSPS) is 18.5. The van der Waals surface area contributed by atoms with Crippen molar-refractivity contribution < 1.29 is 4.74 Å². The first-order valence-electron chi connectivity index (χ1n) is 7.60. The van der Waals surface area contributed by atoms with Crippen LogP contribution in [0.4, 0.5) is 5.69 Å². The van der Waals surface area contributed by atoms with Crippen LogP contribution in [0.1, 0.15) is 12.8 Å². The molecule has 3 heteroatoms. The maximum atomic E-state index is 5.83. The molecule has 0 amide bonds. The molecular formula is C18H22N2O. The van der Waals surface area contributed by atoms with Crippen molar-refractivity contribution in [3.05, 3.63) is 54.6 Å². The third-order valence-corrected chi connectivity index (χ3v) is 4.01. The van der Waals surface area contributed by atoms with Gasteiger partial charge in [-0.2, -0.15) is 0 Å². The van der Waals surface area contributed by atoms with Crippen LogP contribution in [0.3, 0.4) is 0 Å². The number of ether oxygens (including phenoxy) is 1. The van der Waals surface area contributed by atoms with Gasteiger partial charge >= 0.3 is 0 Å². The average molecular weight is 282 g/mol. The number of hydrogen-bond acceptors (Lipinski definition) is 3.